The average Bonchev–Trinajstić information content (AvgIpc) is 2.70. The van der Waals surface area contributed by atoms with Crippen molar-refractivity contribution >= 4 is 0 Å². The van der Waals surface area contributed by atoms with Crippen LogP contribution in [0.15, 0.2) is 72.9 Å². The van der Waals surface area contributed by atoms with Crippen LogP contribution in [0.3, 0.4) is 0 Å². The monoisotopic (exact) mass is 351 g/mol. The molecule has 1 heterocycles. The van der Waals surface area contributed by atoms with Crippen LogP contribution in [0.4, 0.5) is 0 Å². The van der Waals surface area contributed by atoms with Crippen LogP contribution in [0, 0.1) is 0 Å². The zero-order valence-electron chi connectivity index (χ0n) is 14.6. The van der Waals surface area contributed by atoms with Crippen LogP contribution in [0.1, 0.15) is 6.42 Å². The summed E-state index contributed by atoms with van der Waals surface area (Å²) in [4.78, 5) is 4.13. The molecule has 0 fully saturated rings. The third kappa shape index (κ3) is 5.41. The third-order valence-corrected chi connectivity index (χ3v) is 3.57. The highest BCUT2D eigenvalue weighted by Crippen LogP contribution is 2.22. The normalized spacial score (nSPS) is 10.2. The van der Waals surface area contributed by atoms with Crippen molar-refractivity contribution in [2.75, 3.05) is 20.3 Å². The van der Waals surface area contributed by atoms with Gasteiger partial charge in [-0.3, -0.25) is 0 Å². The number of hydrogen-bond acceptors (Lipinski definition) is 5. The second-order valence-electron chi connectivity index (χ2n) is 5.47. The van der Waals surface area contributed by atoms with Gasteiger partial charge >= 0.3 is 0 Å². The van der Waals surface area contributed by atoms with E-state index < -0.39 is 0 Å². The largest absolute Gasteiger partial charge is 0.497 e. The van der Waals surface area contributed by atoms with E-state index in [-0.39, 0.29) is 0 Å². The van der Waals surface area contributed by atoms with E-state index in [1.54, 1.807) is 13.3 Å². The number of ether oxygens (including phenoxy) is 4. The molecule has 0 aliphatic carbocycles. The van der Waals surface area contributed by atoms with Crippen molar-refractivity contribution in [2.45, 2.75) is 6.42 Å². The summed E-state index contributed by atoms with van der Waals surface area (Å²) in [6, 6.07) is 20.5. The highest BCUT2D eigenvalue weighted by Gasteiger charge is 2.00. The molecule has 0 unspecified atom stereocenters. The van der Waals surface area contributed by atoms with Gasteiger partial charge in [0.1, 0.15) is 23.0 Å². The maximum atomic E-state index is 5.71. The Balaban J connectivity index is 1.36. The Labute approximate surface area is 153 Å². The molecule has 0 N–H and O–H groups in total. The number of nitrogens with zero attached hydrogens (tertiary/aromatic N) is 1. The lowest BCUT2D eigenvalue weighted by molar-refractivity contribution is 0.247. The molecule has 134 valence electrons. The van der Waals surface area contributed by atoms with E-state index in [1.165, 1.54) is 0 Å². The number of aromatic nitrogens is 1. The topological polar surface area (TPSA) is 49.8 Å². The van der Waals surface area contributed by atoms with Crippen molar-refractivity contribution in [3.63, 3.8) is 0 Å². The summed E-state index contributed by atoms with van der Waals surface area (Å²) in [5.41, 5.74) is 0. The Kier molecular flexibility index (Phi) is 6.31. The Bertz CT molecular complexity index is 773. The minimum absolute atomic E-state index is 0.567. The summed E-state index contributed by atoms with van der Waals surface area (Å²) in [5, 5.41) is 0. The molecule has 0 atom stereocenters. The first-order chi connectivity index (χ1) is 12.8. The van der Waals surface area contributed by atoms with Gasteiger partial charge in [-0.15, -0.1) is 0 Å². The zero-order chi connectivity index (χ0) is 18.0. The predicted octanol–water partition coefficient (Wildman–Crippen LogP) is 4.73. The van der Waals surface area contributed by atoms with E-state index in [2.05, 4.69) is 4.98 Å². The van der Waals surface area contributed by atoms with Crippen molar-refractivity contribution in [3.8, 4) is 28.9 Å². The molecule has 0 amide bonds. The second-order valence-corrected chi connectivity index (χ2v) is 5.47. The number of hydrogen-bond donors (Lipinski definition) is 0. The highest BCUT2D eigenvalue weighted by molar-refractivity contribution is 5.33. The molecule has 0 aliphatic heterocycles. The molecule has 26 heavy (non-hydrogen) atoms. The fourth-order valence-corrected chi connectivity index (χ4v) is 2.24. The van der Waals surface area contributed by atoms with Crippen LogP contribution in [0.2, 0.25) is 0 Å². The van der Waals surface area contributed by atoms with E-state index in [1.807, 2.05) is 66.7 Å². The van der Waals surface area contributed by atoms with Gasteiger partial charge < -0.3 is 18.9 Å². The number of pyridine rings is 1. The Hall–Kier alpha value is -3.21. The first kappa shape index (κ1) is 17.6. The van der Waals surface area contributed by atoms with Crippen LogP contribution in [0.25, 0.3) is 0 Å². The summed E-state index contributed by atoms with van der Waals surface area (Å²) < 4.78 is 22.1. The van der Waals surface area contributed by atoms with Crippen molar-refractivity contribution in [2.24, 2.45) is 0 Å². The van der Waals surface area contributed by atoms with Crippen LogP contribution < -0.4 is 18.9 Å². The number of rotatable bonds is 9. The zero-order valence-corrected chi connectivity index (χ0v) is 14.6. The minimum Gasteiger partial charge on any atom is -0.497 e. The predicted molar refractivity (Wildman–Crippen MR) is 99.4 cm³/mol. The highest BCUT2D eigenvalue weighted by atomic mass is 16.5. The molecule has 0 bridgehead atoms. The van der Waals surface area contributed by atoms with Gasteiger partial charge in [0.25, 0.3) is 0 Å². The molecule has 5 heteroatoms. The maximum Gasteiger partial charge on any atom is 0.219 e. The van der Waals surface area contributed by atoms with E-state index in [4.69, 9.17) is 18.9 Å². The Morgan fingerprint density at radius 1 is 0.692 bits per heavy atom. The van der Waals surface area contributed by atoms with Gasteiger partial charge in [0.05, 0.1) is 20.3 Å². The lowest BCUT2D eigenvalue weighted by Crippen LogP contribution is -2.04. The summed E-state index contributed by atoms with van der Waals surface area (Å²) in [6.45, 7) is 1.17. The SMILES string of the molecule is COc1ccc(OCCCOc2ccc(Oc3ccccn3)cc2)cc1. The van der Waals surface area contributed by atoms with Crippen LogP contribution in [0.5, 0.6) is 28.9 Å². The van der Waals surface area contributed by atoms with E-state index in [9.17, 15) is 0 Å². The molecule has 0 aliphatic rings. The van der Waals surface area contributed by atoms with Gasteiger partial charge in [-0.25, -0.2) is 4.98 Å². The first-order valence-electron chi connectivity index (χ1n) is 8.42. The number of benzene rings is 2. The molecule has 0 radical (unpaired) electrons. The van der Waals surface area contributed by atoms with Gasteiger partial charge in [-0.05, 0) is 54.6 Å². The first-order valence-corrected chi connectivity index (χ1v) is 8.42. The van der Waals surface area contributed by atoms with Crippen LogP contribution in [-0.4, -0.2) is 25.3 Å². The summed E-state index contributed by atoms with van der Waals surface area (Å²) in [6.07, 6.45) is 2.49. The van der Waals surface area contributed by atoms with Crippen LogP contribution >= 0.6 is 0 Å². The fourth-order valence-electron chi connectivity index (χ4n) is 2.24. The molecular formula is C21H21NO4. The minimum atomic E-state index is 0.567. The molecule has 2 aromatic carbocycles. The quantitative estimate of drug-likeness (QED) is 0.522. The lowest BCUT2D eigenvalue weighted by Gasteiger charge is -2.09. The smallest absolute Gasteiger partial charge is 0.219 e. The van der Waals surface area contributed by atoms with Gasteiger partial charge in [-0.2, -0.15) is 0 Å². The summed E-state index contributed by atoms with van der Waals surface area (Å²) in [7, 11) is 1.64. The molecule has 0 spiro atoms. The van der Waals surface area contributed by atoms with Gasteiger partial charge in [0.2, 0.25) is 5.88 Å². The summed E-state index contributed by atoms with van der Waals surface area (Å²) >= 11 is 0. The third-order valence-electron chi connectivity index (χ3n) is 3.57. The maximum absolute atomic E-state index is 5.71. The van der Waals surface area contributed by atoms with Crippen molar-refractivity contribution in [1.82, 2.24) is 4.98 Å². The summed E-state index contributed by atoms with van der Waals surface area (Å²) in [5.74, 6) is 3.72. The second kappa shape index (κ2) is 9.32. The fraction of sp³-hybridized carbons (Fsp3) is 0.190. The van der Waals surface area contributed by atoms with Crippen molar-refractivity contribution in [1.29, 1.82) is 0 Å². The van der Waals surface area contributed by atoms with E-state index in [0.29, 0.717) is 19.1 Å². The molecule has 0 saturated heterocycles. The molecule has 1 aromatic heterocycles. The Morgan fingerprint density at radius 3 is 1.81 bits per heavy atom. The Morgan fingerprint density at radius 2 is 1.27 bits per heavy atom. The molecule has 3 rings (SSSR count). The van der Waals surface area contributed by atoms with E-state index >= 15 is 0 Å². The van der Waals surface area contributed by atoms with Crippen LogP contribution in [-0.2, 0) is 0 Å². The molecule has 3 aromatic rings. The van der Waals surface area contributed by atoms with E-state index in [0.717, 1.165) is 29.4 Å². The van der Waals surface area contributed by atoms with Gasteiger partial charge in [0.15, 0.2) is 0 Å². The van der Waals surface area contributed by atoms with Crippen molar-refractivity contribution < 1.29 is 18.9 Å². The molecule has 0 saturated carbocycles. The lowest BCUT2D eigenvalue weighted by atomic mass is 10.3. The average molecular weight is 351 g/mol. The van der Waals surface area contributed by atoms with Gasteiger partial charge in [-0.1, -0.05) is 6.07 Å². The molecular weight excluding hydrogens is 330 g/mol. The molecule has 5 nitrogen and oxygen atoms in total. The number of methoxy groups -OCH3 is 1. The van der Waals surface area contributed by atoms with Crippen molar-refractivity contribution in [3.05, 3.63) is 72.9 Å². The standard InChI is InChI=1S/C21H21NO4/c1-23-17-6-8-18(9-7-17)24-15-4-16-25-19-10-12-20(13-11-19)26-21-5-2-3-14-22-21/h2-3,5-14H,4,15-16H2,1H3. The van der Waals surface area contributed by atoms with Gasteiger partial charge in [0, 0.05) is 18.7 Å².